The molecule has 0 aromatic heterocycles. The van der Waals surface area contributed by atoms with Crippen molar-refractivity contribution in [2.75, 3.05) is 13.2 Å². The van der Waals surface area contributed by atoms with E-state index in [1.165, 1.54) is 0 Å². The van der Waals surface area contributed by atoms with Crippen molar-refractivity contribution in [2.24, 2.45) is 5.92 Å². The Labute approximate surface area is 129 Å². The minimum Gasteiger partial charge on any atom is -0.484 e. The summed E-state index contributed by atoms with van der Waals surface area (Å²) in [6.07, 6.45) is 0. The molecule has 0 saturated carbocycles. The fraction of sp³-hybridized carbons (Fsp3) is 0.533. The van der Waals surface area contributed by atoms with Crippen molar-refractivity contribution in [1.82, 2.24) is 4.90 Å². The average molecular weight is 375 g/mol. The first-order valence-corrected chi connectivity index (χ1v) is 7.66. The van der Waals surface area contributed by atoms with Gasteiger partial charge in [-0.3, -0.25) is 4.79 Å². The average Bonchev–Trinajstić information content (AvgIpc) is 2.34. The molecule has 0 spiro atoms. The predicted octanol–water partition coefficient (Wildman–Crippen LogP) is 3.56. The summed E-state index contributed by atoms with van der Waals surface area (Å²) in [5.74, 6) is 1.24. The first kappa shape index (κ1) is 16.3. The molecule has 0 heterocycles. The van der Waals surface area contributed by atoms with Crippen LogP contribution in [0.25, 0.3) is 0 Å². The van der Waals surface area contributed by atoms with Crippen LogP contribution in [0.2, 0.25) is 0 Å². The summed E-state index contributed by atoms with van der Waals surface area (Å²) in [5, 5.41) is 0. The molecule has 0 N–H and O–H groups in total. The highest BCUT2D eigenvalue weighted by atomic mass is 127. The van der Waals surface area contributed by atoms with E-state index in [2.05, 4.69) is 36.4 Å². The summed E-state index contributed by atoms with van der Waals surface area (Å²) in [6.45, 7) is 9.17. The second-order valence-electron chi connectivity index (χ2n) is 5.28. The number of halogens is 1. The van der Waals surface area contributed by atoms with Crippen LogP contribution in [-0.4, -0.2) is 30.0 Å². The van der Waals surface area contributed by atoms with Gasteiger partial charge < -0.3 is 9.64 Å². The Morgan fingerprint density at radius 1 is 1.21 bits per heavy atom. The summed E-state index contributed by atoms with van der Waals surface area (Å²) in [7, 11) is 0. The molecule has 0 aliphatic heterocycles. The van der Waals surface area contributed by atoms with Crippen LogP contribution in [0.15, 0.2) is 24.3 Å². The molecule has 3 nitrogen and oxygen atoms in total. The lowest BCUT2D eigenvalue weighted by Gasteiger charge is -2.28. The second-order valence-corrected chi connectivity index (χ2v) is 6.52. The first-order chi connectivity index (χ1) is 8.90. The number of ether oxygens (including phenoxy) is 1. The molecular weight excluding hydrogens is 353 g/mol. The lowest BCUT2D eigenvalue weighted by molar-refractivity contribution is -0.135. The molecular formula is C15H22INO2. The number of carbonyl (C=O) groups excluding carboxylic acids is 1. The topological polar surface area (TPSA) is 29.5 Å². The van der Waals surface area contributed by atoms with Gasteiger partial charge in [0.1, 0.15) is 5.75 Å². The molecule has 0 fully saturated rings. The van der Waals surface area contributed by atoms with Crippen LogP contribution in [0.1, 0.15) is 27.7 Å². The van der Waals surface area contributed by atoms with Crippen LogP contribution in [0.5, 0.6) is 5.75 Å². The number of benzene rings is 1. The predicted molar refractivity (Wildman–Crippen MR) is 86.3 cm³/mol. The van der Waals surface area contributed by atoms with E-state index in [4.69, 9.17) is 4.74 Å². The minimum atomic E-state index is 0.0438. The fourth-order valence-corrected chi connectivity index (χ4v) is 2.11. The number of amides is 1. The number of carbonyl (C=O) groups is 1. The van der Waals surface area contributed by atoms with Crippen molar-refractivity contribution in [2.45, 2.75) is 33.7 Å². The third-order valence-electron chi connectivity index (χ3n) is 2.68. The van der Waals surface area contributed by atoms with Crippen LogP contribution in [-0.2, 0) is 4.79 Å². The van der Waals surface area contributed by atoms with Crippen LogP contribution >= 0.6 is 22.6 Å². The normalized spacial score (nSPS) is 10.9. The highest BCUT2D eigenvalue weighted by Gasteiger charge is 2.18. The maximum atomic E-state index is 12.2. The zero-order chi connectivity index (χ0) is 14.4. The lowest BCUT2D eigenvalue weighted by atomic mass is 10.2. The van der Waals surface area contributed by atoms with Crippen LogP contribution in [0.3, 0.4) is 0 Å². The number of nitrogens with zero attached hydrogens (tertiary/aromatic N) is 1. The monoisotopic (exact) mass is 375 g/mol. The van der Waals surface area contributed by atoms with Crippen LogP contribution < -0.4 is 4.74 Å². The van der Waals surface area contributed by atoms with E-state index in [0.717, 1.165) is 15.9 Å². The summed E-state index contributed by atoms with van der Waals surface area (Å²) in [6, 6.07) is 7.91. The van der Waals surface area contributed by atoms with Crippen molar-refractivity contribution >= 4 is 28.5 Å². The van der Waals surface area contributed by atoms with Gasteiger partial charge in [-0.25, -0.2) is 0 Å². The lowest BCUT2D eigenvalue weighted by Crippen LogP contribution is -2.42. The molecule has 1 amide bonds. The van der Waals surface area contributed by atoms with Gasteiger partial charge in [0.25, 0.3) is 5.91 Å². The minimum absolute atomic E-state index is 0.0438. The molecule has 1 aromatic rings. The molecule has 0 atom stereocenters. The molecule has 4 heteroatoms. The molecule has 106 valence electrons. The standard InChI is InChI=1S/C15H22INO2/c1-11(2)9-17(12(3)4)15(18)10-19-14-7-5-13(16)6-8-14/h5-8,11-12H,9-10H2,1-4H3. The quantitative estimate of drug-likeness (QED) is 0.712. The van der Waals surface area contributed by atoms with E-state index in [9.17, 15) is 4.79 Å². The summed E-state index contributed by atoms with van der Waals surface area (Å²) >= 11 is 2.24. The molecule has 1 aromatic carbocycles. The molecule has 0 radical (unpaired) electrons. The largest absolute Gasteiger partial charge is 0.484 e. The van der Waals surface area contributed by atoms with Gasteiger partial charge in [-0.2, -0.15) is 0 Å². The van der Waals surface area contributed by atoms with E-state index < -0.39 is 0 Å². The van der Waals surface area contributed by atoms with Gasteiger partial charge in [-0.1, -0.05) is 13.8 Å². The SMILES string of the molecule is CC(C)CN(C(=O)COc1ccc(I)cc1)C(C)C. The summed E-state index contributed by atoms with van der Waals surface area (Å²) < 4.78 is 6.69. The third kappa shape index (κ3) is 5.80. The fourth-order valence-electron chi connectivity index (χ4n) is 1.75. The Morgan fingerprint density at radius 3 is 2.26 bits per heavy atom. The Morgan fingerprint density at radius 2 is 1.79 bits per heavy atom. The van der Waals surface area contributed by atoms with Gasteiger partial charge in [0.05, 0.1) is 0 Å². The summed E-state index contributed by atoms with van der Waals surface area (Å²) in [5.41, 5.74) is 0. The highest BCUT2D eigenvalue weighted by molar-refractivity contribution is 14.1. The zero-order valence-corrected chi connectivity index (χ0v) is 14.2. The van der Waals surface area contributed by atoms with Crippen molar-refractivity contribution in [3.8, 4) is 5.75 Å². The number of hydrogen-bond donors (Lipinski definition) is 0. The third-order valence-corrected chi connectivity index (χ3v) is 3.40. The number of rotatable bonds is 6. The smallest absolute Gasteiger partial charge is 0.260 e. The molecule has 1 rings (SSSR count). The Hall–Kier alpha value is -0.780. The molecule has 0 aliphatic rings. The maximum Gasteiger partial charge on any atom is 0.260 e. The first-order valence-electron chi connectivity index (χ1n) is 6.58. The Bertz CT molecular complexity index is 401. The van der Waals surface area contributed by atoms with Gasteiger partial charge in [-0.05, 0) is 66.6 Å². The van der Waals surface area contributed by atoms with Gasteiger partial charge >= 0.3 is 0 Å². The van der Waals surface area contributed by atoms with E-state index in [0.29, 0.717) is 5.92 Å². The molecule has 0 saturated heterocycles. The van der Waals surface area contributed by atoms with E-state index in [-0.39, 0.29) is 18.6 Å². The molecule has 0 unspecified atom stereocenters. The van der Waals surface area contributed by atoms with E-state index in [1.807, 2.05) is 43.0 Å². The summed E-state index contributed by atoms with van der Waals surface area (Å²) in [4.78, 5) is 14.0. The van der Waals surface area contributed by atoms with Crippen LogP contribution in [0.4, 0.5) is 0 Å². The highest BCUT2D eigenvalue weighted by Crippen LogP contribution is 2.14. The second kappa shape index (κ2) is 7.72. The van der Waals surface area contributed by atoms with Crippen molar-refractivity contribution < 1.29 is 9.53 Å². The van der Waals surface area contributed by atoms with Gasteiger partial charge in [0, 0.05) is 16.2 Å². The van der Waals surface area contributed by atoms with Gasteiger partial charge in [0.15, 0.2) is 6.61 Å². The van der Waals surface area contributed by atoms with Crippen molar-refractivity contribution in [3.63, 3.8) is 0 Å². The van der Waals surface area contributed by atoms with Crippen LogP contribution in [0, 0.1) is 9.49 Å². The van der Waals surface area contributed by atoms with Crippen molar-refractivity contribution in [3.05, 3.63) is 27.8 Å². The Balaban J connectivity index is 2.54. The molecule has 0 bridgehead atoms. The molecule has 0 aliphatic carbocycles. The van der Waals surface area contributed by atoms with Crippen molar-refractivity contribution in [1.29, 1.82) is 0 Å². The molecule has 19 heavy (non-hydrogen) atoms. The Kier molecular flexibility index (Phi) is 6.62. The van der Waals surface area contributed by atoms with E-state index >= 15 is 0 Å². The van der Waals surface area contributed by atoms with Gasteiger partial charge in [0.2, 0.25) is 0 Å². The maximum absolute atomic E-state index is 12.2. The zero-order valence-electron chi connectivity index (χ0n) is 12.0. The number of hydrogen-bond acceptors (Lipinski definition) is 2. The van der Waals surface area contributed by atoms with Gasteiger partial charge in [-0.15, -0.1) is 0 Å². The van der Waals surface area contributed by atoms with E-state index in [1.54, 1.807) is 0 Å².